The van der Waals surface area contributed by atoms with Crippen molar-refractivity contribution in [1.29, 1.82) is 0 Å². The van der Waals surface area contributed by atoms with Crippen LogP contribution in [0, 0.1) is 0 Å². The molecule has 1 nitrogen and oxygen atoms in total. The zero-order valence-corrected chi connectivity index (χ0v) is 23.8. The van der Waals surface area contributed by atoms with Gasteiger partial charge >= 0.3 is 0 Å². The predicted octanol–water partition coefficient (Wildman–Crippen LogP) is 5.63. The number of hydrogen-bond donors (Lipinski definition) is 0. The van der Waals surface area contributed by atoms with Gasteiger partial charge in [0.15, 0.2) is 16.4 Å². The number of benzene rings is 4. The Balaban J connectivity index is 1.74. The van der Waals surface area contributed by atoms with E-state index >= 15 is 0 Å². The van der Waals surface area contributed by atoms with E-state index in [9.17, 15) is 0 Å². The third-order valence-corrected chi connectivity index (χ3v) is 17.0. The predicted molar refractivity (Wildman–Crippen MR) is 157 cm³/mol. The average Bonchev–Trinajstić information content (AvgIpc) is 2.87. The highest BCUT2D eigenvalue weighted by Crippen LogP contribution is 2.36. The van der Waals surface area contributed by atoms with E-state index in [1.54, 1.807) is 0 Å². The van der Waals surface area contributed by atoms with Crippen LogP contribution in [-0.2, 0) is 10.8 Å². The van der Waals surface area contributed by atoms with Crippen LogP contribution in [0.1, 0.15) is 26.3 Å². The van der Waals surface area contributed by atoms with Crippen molar-refractivity contribution in [2.24, 2.45) is 0 Å². The van der Waals surface area contributed by atoms with Gasteiger partial charge in [-0.25, -0.2) is 0 Å². The van der Waals surface area contributed by atoms with Crippen molar-refractivity contribution in [1.82, 2.24) is 0 Å². The van der Waals surface area contributed by atoms with E-state index in [1.165, 1.54) is 26.3 Å². The van der Waals surface area contributed by atoms with E-state index in [0.29, 0.717) is 0 Å². The first-order valence-corrected chi connectivity index (χ1v) is 17.6. The van der Waals surface area contributed by atoms with Crippen LogP contribution in [-0.4, -0.2) is 23.0 Å². The maximum atomic E-state index is 6.45. The van der Waals surface area contributed by atoms with Crippen LogP contribution in [0.25, 0.3) is 0 Å². The van der Waals surface area contributed by atoms with Crippen LogP contribution in [0.4, 0.5) is 0 Å². The fourth-order valence-electron chi connectivity index (χ4n) is 4.63. The molecule has 0 aliphatic rings. The second kappa shape index (κ2) is 10.5. The molecule has 4 aromatic rings. The van der Waals surface area contributed by atoms with Crippen LogP contribution in [0.15, 0.2) is 115 Å². The van der Waals surface area contributed by atoms with Crippen molar-refractivity contribution in [2.45, 2.75) is 45.3 Å². The van der Waals surface area contributed by atoms with Crippen LogP contribution in [0.5, 0.6) is 0 Å². The van der Waals surface area contributed by atoms with Crippen molar-refractivity contribution >= 4 is 37.1 Å². The summed E-state index contributed by atoms with van der Waals surface area (Å²) in [5.74, 6) is 0. The Kier molecular flexibility index (Phi) is 7.60. The molecule has 0 unspecified atom stereocenters. The fourth-order valence-corrected chi connectivity index (χ4v) is 10.4. The molecule has 180 valence electrons. The summed E-state index contributed by atoms with van der Waals surface area (Å²) in [5, 5.41) is 5.88. The number of hydrogen-bond acceptors (Lipinski definition) is 1. The molecule has 0 radical (unpaired) electrons. The average molecular weight is 495 g/mol. The molecular formula is C32H38OSi2. The summed E-state index contributed by atoms with van der Waals surface area (Å²) in [6.45, 7) is 12.3. The highest BCUT2D eigenvalue weighted by Gasteiger charge is 2.41. The third kappa shape index (κ3) is 5.28. The smallest absolute Gasteiger partial charge is 0.191 e. The van der Waals surface area contributed by atoms with Gasteiger partial charge in [-0.1, -0.05) is 136 Å². The molecule has 0 bridgehead atoms. The van der Waals surface area contributed by atoms with Crippen LogP contribution >= 0.6 is 0 Å². The summed E-state index contributed by atoms with van der Waals surface area (Å²) < 4.78 is 6.45. The van der Waals surface area contributed by atoms with E-state index in [-0.39, 0.29) is 5.04 Å². The van der Waals surface area contributed by atoms with Gasteiger partial charge in [-0.3, -0.25) is 0 Å². The molecule has 0 saturated carbocycles. The molecule has 4 aromatic carbocycles. The molecule has 0 spiro atoms. The minimum absolute atomic E-state index is 0.239. The first-order valence-electron chi connectivity index (χ1n) is 12.6. The lowest BCUT2D eigenvalue weighted by Crippen LogP contribution is -2.74. The van der Waals surface area contributed by atoms with Gasteiger partial charge in [-0.2, -0.15) is 0 Å². The van der Waals surface area contributed by atoms with Crippen LogP contribution in [0.2, 0.25) is 18.1 Å². The van der Waals surface area contributed by atoms with Gasteiger partial charge in [-0.15, -0.1) is 0 Å². The molecule has 35 heavy (non-hydrogen) atoms. The van der Waals surface area contributed by atoms with Gasteiger partial charge in [0.05, 0.1) is 0 Å². The van der Waals surface area contributed by atoms with E-state index in [0.717, 1.165) is 13.0 Å². The molecule has 0 fully saturated rings. The van der Waals surface area contributed by atoms with Crippen molar-refractivity contribution in [3.63, 3.8) is 0 Å². The molecule has 0 heterocycles. The molecule has 3 heteroatoms. The second-order valence-electron chi connectivity index (χ2n) is 10.9. The van der Waals surface area contributed by atoms with Gasteiger partial charge in [0.2, 0.25) is 0 Å². The highest BCUT2D eigenvalue weighted by atomic mass is 28.4. The monoisotopic (exact) mass is 494 g/mol. The summed E-state index contributed by atoms with van der Waals surface area (Å²) in [4.78, 5) is 0. The minimum atomic E-state index is -2.43. The van der Waals surface area contributed by atoms with Crippen molar-refractivity contribution < 1.29 is 4.43 Å². The maximum absolute atomic E-state index is 6.45. The van der Waals surface area contributed by atoms with Crippen molar-refractivity contribution in [2.75, 3.05) is 6.61 Å². The SMILES string of the molecule is CC(C)(C)[Si](C)(C)OCCc1ccc([Si](c2ccccc2)(c2ccccc2)c2ccccc2)cc1. The van der Waals surface area contributed by atoms with E-state index in [4.69, 9.17) is 4.43 Å². The molecule has 0 saturated heterocycles. The standard InChI is InChI=1S/C32H38OSi2/c1-32(2,3)34(4,5)33-26-25-27-21-23-31(24-22-27)35(28-15-9-6-10-16-28,29-17-11-7-12-18-29)30-19-13-8-14-20-30/h6-24H,25-26H2,1-5H3. The lowest BCUT2D eigenvalue weighted by molar-refractivity contribution is 0.292. The summed E-state index contributed by atoms with van der Waals surface area (Å²) in [6.07, 6.45) is 0.948. The van der Waals surface area contributed by atoms with Gasteiger partial charge in [-0.05, 0) is 50.9 Å². The lowest BCUT2D eigenvalue weighted by atomic mass is 10.2. The molecule has 0 N–H and O–H groups in total. The lowest BCUT2D eigenvalue weighted by Gasteiger charge is -2.36. The minimum Gasteiger partial charge on any atom is -0.416 e. The number of rotatable bonds is 8. The first-order chi connectivity index (χ1) is 16.7. The zero-order chi connectivity index (χ0) is 24.9. The topological polar surface area (TPSA) is 9.23 Å². The Hall–Kier alpha value is -2.73. The zero-order valence-electron chi connectivity index (χ0n) is 21.8. The summed E-state index contributed by atoms with van der Waals surface area (Å²) in [7, 11) is -4.16. The normalized spacial score (nSPS) is 12.5. The Bertz CT molecular complexity index is 1100. The molecule has 4 rings (SSSR count). The van der Waals surface area contributed by atoms with Gasteiger partial charge in [0.1, 0.15) is 0 Å². The molecular weight excluding hydrogens is 457 g/mol. The van der Waals surface area contributed by atoms with Crippen molar-refractivity contribution in [3.05, 3.63) is 121 Å². The molecule has 0 atom stereocenters. The van der Waals surface area contributed by atoms with Crippen LogP contribution in [0.3, 0.4) is 0 Å². The second-order valence-corrected chi connectivity index (χ2v) is 19.5. The Morgan fingerprint density at radius 2 is 0.914 bits per heavy atom. The van der Waals surface area contributed by atoms with E-state index in [1.807, 2.05) is 0 Å². The van der Waals surface area contributed by atoms with Gasteiger partial charge in [0, 0.05) is 6.61 Å². The quantitative estimate of drug-likeness (QED) is 0.228. The Morgan fingerprint density at radius 3 is 1.29 bits per heavy atom. The van der Waals surface area contributed by atoms with Gasteiger partial charge in [0.25, 0.3) is 0 Å². The maximum Gasteiger partial charge on any atom is 0.191 e. The van der Waals surface area contributed by atoms with Gasteiger partial charge < -0.3 is 4.43 Å². The fraction of sp³-hybridized carbons (Fsp3) is 0.250. The molecule has 0 aliphatic heterocycles. The molecule has 0 aromatic heterocycles. The largest absolute Gasteiger partial charge is 0.416 e. The van der Waals surface area contributed by atoms with E-state index < -0.39 is 16.4 Å². The first kappa shape index (κ1) is 25.4. The highest BCUT2D eigenvalue weighted by molar-refractivity contribution is 7.19. The Morgan fingerprint density at radius 1 is 0.543 bits per heavy atom. The third-order valence-electron chi connectivity index (χ3n) is 7.67. The summed E-state index contributed by atoms with van der Waals surface area (Å²) >= 11 is 0. The molecule has 0 aliphatic carbocycles. The summed E-state index contributed by atoms with van der Waals surface area (Å²) in [6, 6.07) is 42.7. The Labute approximate surface area is 214 Å². The van der Waals surface area contributed by atoms with Crippen LogP contribution < -0.4 is 20.7 Å². The van der Waals surface area contributed by atoms with E-state index in [2.05, 4.69) is 149 Å². The van der Waals surface area contributed by atoms with Crippen molar-refractivity contribution in [3.8, 4) is 0 Å². The molecule has 0 amide bonds. The summed E-state index contributed by atoms with van der Waals surface area (Å²) in [5.41, 5.74) is 1.34.